The van der Waals surface area contributed by atoms with Gasteiger partial charge in [-0.3, -0.25) is 0 Å². The zero-order chi connectivity index (χ0) is 24.9. The van der Waals surface area contributed by atoms with Gasteiger partial charge >= 0.3 is 18.2 Å². The van der Waals surface area contributed by atoms with Crippen LogP contribution < -0.4 is 15.0 Å². The van der Waals surface area contributed by atoms with E-state index in [9.17, 15) is 17.6 Å². The molecule has 0 amide bonds. The van der Waals surface area contributed by atoms with Crippen LogP contribution in [0.4, 0.5) is 29.5 Å². The summed E-state index contributed by atoms with van der Waals surface area (Å²) in [6.45, 7) is 6.89. The summed E-state index contributed by atoms with van der Waals surface area (Å²) in [4.78, 5) is 10.8. The Morgan fingerprint density at radius 2 is 1.86 bits per heavy atom. The summed E-state index contributed by atoms with van der Waals surface area (Å²) in [7, 11) is 0. The molecule has 2 aliphatic rings. The number of piperidine rings is 1. The van der Waals surface area contributed by atoms with Crippen LogP contribution in [-0.2, 0) is 6.18 Å². The first-order valence-electron chi connectivity index (χ1n) is 11.4. The lowest BCUT2D eigenvalue weighted by atomic mass is 9.92. The molecule has 188 valence electrons. The van der Waals surface area contributed by atoms with Crippen LogP contribution in [0.1, 0.15) is 44.1 Å². The number of anilines is 2. The van der Waals surface area contributed by atoms with E-state index in [4.69, 9.17) is 9.26 Å². The number of aryl methyl sites for hydroxylation is 1. The average Bonchev–Trinajstić information content (AvgIpc) is 3.45. The minimum Gasteiger partial charge on any atom is -0.421 e. The van der Waals surface area contributed by atoms with E-state index in [0.29, 0.717) is 17.9 Å². The fourth-order valence-corrected chi connectivity index (χ4v) is 4.86. The first-order chi connectivity index (χ1) is 16.6. The van der Waals surface area contributed by atoms with E-state index in [2.05, 4.69) is 30.4 Å². The highest BCUT2D eigenvalue weighted by atomic mass is 19.4. The molecular formula is C22H25F4N7O2. The second kappa shape index (κ2) is 8.68. The number of alkyl halides is 3. The van der Waals surface area contributed by atoms with Crippen molar-refractivity contribution in [3.8, 4) is 11.8 Å². The van der Waals surface area contributed by atoms with Gasteiger partial charge in [-0.15, -0.1) is 5.10 Å². The van der Waals surface area contributed by atoms with Gasteiger partial charge in [0, 0.05) is 19.1 Å². The fourth-order valence-electron chi connectivity index (χ4n) is 4.86. The molecule has 1 unspecified atom stereocenters. The molecule has 1 saturated carbocycles. The van der Waals surface area contributed by atoms with Crippen LogP contribution in [0, 0.1) is 24.6 Å². The molecule has 3 aromatic rings. The first kappa shape index (κ1) is 23.4. The Balaban J connectivity index is 1.35. The minimum absolute atomic E-state index is 0.0909. The number of hydrogen-bond acceptors (Lipinski definition) is 8. The standard InChI is InChI=1S/C22H25F4N7O2/c1-11(2)33-21(34-16-6-4-5-15(17(16)23)22(24,25)26)29-19(30-33)28-18-13-7-8-14(18)10-32(9-13)20-27-12(3)31-35-20/h4-6,11,13-14,18H,7-10H2,1-3H3,(H,28,30)/t13-,14+,18?. The molecule has 35 heavy (non-hydrogen) atoms. The average molecular weight is 495 g/mol. The molecule has 1 aliphatic heterocycles. The van der Waals surface area contributed by atoms with E-state index in [1.165, 1.54) is 4.68 Å². The Morgan fingerprint density at radius 3 is 2.46 bits per heavy atom. The lowest BCUT2D eigenvalue weighted by Crippen LogP contribution is -2.48. The number of aromatic nitrogens is 5. The van der Waals surface area contributed by atoms with Crippen LogP contribution >= 0.6 is 0 Å². The fraction of sp³-hybridized carbons (Fsp3) is 0.545. The molecule has 5 rings (SSSR count). The van der Waals surface area contributed by atoms with Crippen molar-refractivity contribution in [3.63, 3.8) is 0 Å². The van der Waals surface area contributed by atoms with Crippen molar-refractivity contribution in [1.29, 1.82) is 0 Å². The highest BCUT2D eigenvalue weighted by molar-refractivity contribution is 5.37. The maximum Gasteiger partial charge on any atom is 0.419 e. The topological polar surface area (TPSA) is 94.1 Å². The quantitative estimate of drug-likeness (QED) is 0.486. The van der Waals surface area contributed by atoms with Crippen molar-refractivity contribution < 1.29 is 26.8 Å². The smallest absolute Gasteiger partial charge is 0.419 e. The Labute approximate surface area is 198 Å². The number of nitrogens with one attached hydrogen (secondary N) is 1. The zero-order valence-corrected chi connectivity index (χ0v) is 19.4. The van der Waals surface area contributed by atoms with E-state index >= 15 is 0 Å². The van der Waals surface area contributed by atoms with Crippen molar-refractivity contribution in [2.45, 2.75) is 51.9 Å². The molecule has 3 atom stereocenters. The number of rotatable bonds is 6. The van der Waals surface area contributed by atoms with Crippen LogP contribution in [0.15, 0.2) is 22.7 Å². The molecule has 2 fully saturated rings. The predicted octanol–water partition coefficient (Wildman–Crippen LogP) is 4.83. The summed E-state index contributed by atoms with van der Waals surface area (Å²) in [6, 6.07) is 3.18. The van der Waals surface area contributed by atoms with Gasteiger partial charge in [-0.05, 0) is 57.6 Å². The number of fused-ring (bicyclic) bond motifs is 2. The molecule has 1 saturated heterocycles. The van der Waals surface area contributed by atoms with Gasteiger partial charge in [-0.2, -0.15) is 23.1 Å². The predicted molar refractivity (Wildman–Crippen MR) is 117 cm³/mol. The zero-order valence-electron chi connectivity index (χ0n) is 19.4. The Morgan fingerprint density at radius 1 is 1.14 bits per heavy atom. The Kier molecular flexibility index (Phi) is 5.80. The molecule has 2 aromatic heterocycles. The van der Waals surface area contributed by atoms with Crippen molar-refractivity contribution in [2.75, 3.05) is 23.3 Å². The van der Waals surface area contributed by atoms with Crippen molar-refractivity contribution >= 4 is 12.0 Å². The maximum absolute atomic E-state index is 14.5. The third-order valence-electron chi connectivity index (χ3n) is 6.48. The third kappa shape index (κ3) is 4.50. The molecule has 1 aliphatic carbocycles. The summed E-state index contributed by atoms with van der Waals surface area (Å²) < 4.78 is 66.0. The second-order valence-electron chi connectivity index (χ2n) is 9.27. The molecule has 1 N–H and O–H groups in total. The van der Waals surface area contributed by atoms with Crippen molar-refractivity contribution in [1.82, 2.24) is 24.9 Å². The number of ether oxygens (including phenoxy) is 1. The molecule has 1 aromatic carbocycles. The number of halogens is 4. The summed E-state index contributed by atoms with van der Waals surface area (Å²) >= 11 is 0. The van der Waals surface area contributed by atoms with E-state index in [1.807, 2.05) is 13.8 Å². The first-order valence-corrected chi connectivity index (χ1v) is 11.4. The number of hydrogen-bond donors (Lipinski definition) is 1. The molecule has 3 heterocycles. The van der Waals surface area contributed by atoms with Gasteiger partial charge in [-0.25, -0.2) is 9.07 Å². The summed E-state index contributed by atoms with van der Waals surface area (Å²) in [5.41, 5.74) is -1.40. The Hall–Kier alpha value is -3.38. The van der Waals surface area contributed by atoms with Gasteiger partial charge < -0.3 is 19.5 Å². The Bertz CT molecular complexity index is 1190. The summed E-state index contributed by atoms with van der Waals surface area (Å²) in [5, 5.41) is 11.7. The molecule has 0 spiro atoms. The van der Waals surface area contributed by atoms with E-state index < -0.39 is 23.3 Å². The van der Waals surface area contributed by atoms with Crippen LogP contribution in [0.25, 0.3) is 0 Å². The van der Waals surface area contributed by atoms with Crippen LogP contribution in [-0.4, -0.2) is 44.0 Å². The highest BCUT2D eigenvalue weighted by Crippen LogP contribution is 2.40. The van der Waals surface area contributed by atoms with Gasteiger partial charge in [0.2, 0.25) is 5.95 Å². The van der Waals surface area contributed by atoms with E-state index in [0.717, 1.165) is 38.1 Å². The molecular weight excluding hydrogens is 470 g/mol. The lowest BCUT2D eigenvalue weighted by Gasteiger charge is -2.37. The van der Waals surface area contributed by atoms with Crippen molar-refractivity contribution in [3.05, 3.63) is 35.4 Å². The highest BCUT2D eigenvalue weighted by Gasteiger charge is 2.44. The minimum atomic E-state index is -4.84. The maximum atomic E-state index is 14.5. The van der Waals surface area contributed by atoms with Crippen LogP contribution in [0.3, 0.4) is 0 Å². The molecule has 2 bridgehead atoms. The van der Waals surface area contributed by atoms with Gasteiger partial charge in [-0.1, -0.05) is 11.2 Å². The van der Waals surface area contributed by atoms with E-state index in [-0.39, 0.29) is 35.9 Å². The number of nitrogens with zero attached hydrogens (tertiary/aromatic N) is 6. The molecule has 13 heteroatoms. The SMILES string of the molecule is Cc1noc(N2C[C@H]3CC[C@@H](C2)C3Nc2nc(Oc3cccc(C(F)(F)F)c3F)n(C(C)C)n2)n1. The van der Waals surface area contributed by atoms with Crippen LogP contribution in [0.5, 0.6) is 11.8 Å². The number of benzene rings is 1. The van der Waals surface area contributed by atoms with E-state index in [1.54, 1.807) is 6.92 Å². The monoisotopic (exact) mass is 495 g/mol. The summed E-state index contributed by atoms with van der Waals surface area (Å²) in [6.07, 6.45) is -2.82. The van der Waals surface area contributed by atoms with Gasteiger partial charge in [0.25, 0.3) is 0 Å². The van der Waals surface area contributed by atoms with Gasteiger partial charge in [0.1, 0.15) is 0 Å². The van der Waals surface area contributed by atoms with Crippen LogP contribution in [0.2, 0.25) is 0 Å². The second-order valence-corrected chi connectivity index (χ2v) is 9.27. The normalized spacial score (nSPS) is 22.2. The summed E-state index contributed by atoms with van der Waals surface area (Å²) in [5.74, 6) is -0.612. The lowest BCUT2D eigenvalue weighted by molar-refractivity contribution is -0.140. The van der Waals surface area contributed by atoms with Gasteiger partial charge in [0.05, 0.1) is 11.6 Å². The third-order valence-corrected chi connectivity index (χ3v) is 6.48. The molecule has 0 radical (unpaired) electrons. The largest absolute Gasteiger partial charge is 0.421 e. The van der Waals surface area contributed by atoms with Gasteiger partial charge in [0.15, 0.2) is 17.4 Å². The van der Waals surface area contributed by atoms with Crippen molar-refractivity contribution in [2.24, 2.45) is 11.8 Å². The molecule has 9 nitrogen and oxygen atoms in total.